The number of guanidine groups is 1. The quantitative estimate of drug-likeness (QED) is 0.763. The Morgan fingerprint density at radius 1 is 1.11 bits per heavy atom. The third kappa shape index (κ3) is 7.15. The van der Waals surface area contributed by atoms with Crippen molar-refractivity contribution in [1.82, 2.24) is 4.90 Å². The maximum atomic E-state index is 12.5. The van der Waals surface area contributed by atoms with Crippen LogP contribution in [0.5, 0.6) is 0 Å². The van der Waals surface area contributed by atoms with E-state index in [1.165, 1.54) is 4.90 Å². The second-order valence-electron chi connectivity index (χ2n) is 6.59. The van der Waals surface area contributed by atoms with E-state index < -0.39 is 6.04 Å². The molecule has 1 unspecified atom stereocenters. The molecule has 27 heavy (non-hydrogen) atoms. The first-order valence-electron chi connectivity index (χ1n) is 8.77. The monoisotopic (exact) mass is 433 g/mol. The molecule has 1 atom stereocenters. The lowest BCUT2D eigenvalue weighted by Crippen LogP contribution is -2.37. The van der Waals surface area contributed by atoms with Gasteiger partial charge in [-0.3, -0.25) is 9.69 Å². The van der Waals surface area contributed by atoms with Crippen LogP contribution in [0, 0.1) is 5.92 Å². The summed E-state index contributed by atoms with van der Waals surface area (Å²) < 4.78 is 0.974. The minimum Gasteiger partial charge on any atom is -0.400 e. The van der Waals surface area contributed by atoms with E-state index in [9.17, 15) is 4.79 Å². The van der Waals surface area contributed by atoms with Crippen molar-refractivity contribution in [1.29, 1.82) is 0 Å². The molecule has 146 valence electrons. The van der Waals surface area contributed by atoms with Crippen LogP contribution in [0.15, 0.2) is 64.1 Å². The second-order valence-corrected chi connectivity index (χ2v) is 7.50. The smallest absolute Gasteiger partial charge is 0.259 e. The second kappa shape index (κ2) is 11.5. The van der Waals surface area contributed by atoms with E-state index in [0.717, 1.165) is 28.6 Å². The van der Waals surface area contributed by atoms with Gasteiger partial charge in [-0.15, -0.1) is 0 Å². The topological polar surface area (TPSA) is 78.9 Å². The van der Waals surface area contributed by atoms with Gasteiger partial charge in [-0.25, -0.2) is 4.99 Å². The van der Waals surface area contributed by atoms with E-state index in [4.69, 9.17) is 10.8 Å². The molecule has 1 amide bonds. The Hall–Kier alpha value is -2.18. The summed E-state index contributed by atoms with van der Waals surface area (Å²) in [6.45, 7) is 6.93. The summed E-state index contributed by atoms with van der Waals surface area (Å²) in [5.74, 6) is 1.02. The van der Waals surface area contributed by atoms with Gasteiger partial charge in [0.1, 0.15) is 0 Å². The number of halogens is 1. The van der Waals surface area contributed by atoms with Gasteiger partial charge < -0.3 is 10.8 Å². The highest BCUT2D eigenvalue weighted by molar-refractivity contribution is 9.10. The molecule has 2 aromatic carbocycles. The molecule has 0 saturated carbocycles. The van der Waals surface area contributed by atoms with E-state index in [2.05, 4.69) is 41.7 Å². The molecule has 5 nitrogen and oxygen atoms in total. The number of carbonyl (C=O) groups is 1. The molecule has 1 heterocycles. The molecule has 6 heteroatoms. The lowest BCUT2D eigenvalue weighted by molar-refractivity contribution is -0.127. The van der Waals surface area contributed by atoms with E-state index in [1.807, 2.05) is 54.6 Å². The highest BCUT2D eigenvalue weighted by Gasteiger charge is 2.34. The summed E-state index contributed by atoms with van der Waals surface area (Å²) in [6.07, 6.45) is 0. The lowest BCUT2D eigenvalue weighted by atomic mass is 10.1. The van der Waals surface area contributed by atoms with Crippen molar-refractivity contribution >= 4 is 27.8 Å². The summed E-state index contributed by atoms with van der Waals surface area (Å²) in [7, 11) is 1.00. The molecule has 0 fully saturated rings. The van der Waals surface area contributed by atoms with Gasteiger partial charge in [-0.2, -0.15) is 0 Å². The number of benzene rings is 2. The fourth-order valence-corrected chi connectivity index (χ4v) is 2.79. The Morgan fingerprint density at radius 2 is 1.70 bits per heavy atom. The maximum Gasteiger partial charge on any atom is 0.259 e. The predicted molar refractivity (Wildman–Crippen MR) is 114 cm³/mol. The van der Waals surface area contributed by atoms with E-state index in [1.54, 1.807) is 0 Å². The van der Waals surface area contributed by atoms with Crippen molar-refractivity contribution in [2.24, 2.45) is 16.6 Å². The van der Waals surface area contributed by atoms with E-state index in [-0.39, 0.29) is 11.9 Å². The van der Waals surface area contributed by atoms with Gasteiger partial charge in [0.05, 0.1) is 6.54 Å². The number of aliphatic hydroxyl groups excluding tert-OH is 1. The van der Waals surface area contributed by atoms with Gasteiger partial charge in [0.2, 0.25) is 0 Å². The molecule has 3 N–H and O–H groups in total. The van der Waals surface area contributed by atoms with Gasteiger partial charge in [0.15, 0.2) is 12.0 Å². The highest BCUT2D eigenvalue weighted by atomic mass is 79.9. The van der Waals surface area contributed by atoms with Crippen LogP contribution >= 0.6 is 15.9 Å². The lowest BCUT2D eigenvalue weighted by Gasteiger charge is -2.17. The average Bonchev–Trinajstić information content (AvgIpc) is 2.92. The zero-order chi connectivity index (χ0) is 20.4. The standard InChI is InChI=1S/C16H14BrN3O.C4H10.CH4O/c17-13-8-4-5-11(9-13)10-20-15(21)14(19-16(20)18)12-6-2-1-3-7-12;1-4(2)3;1-2/h1-9,14H,10H2,(H2,18,19);4H,1-3H3;2H,1H3. The van der Waals surface area contributed by atoms with Crippen LogP contribution in [0.25, 0.3) is 0 Å². The van der Waals surface area contributed by atoms with Crippen LogP contribution in [0.2, 0.25) is 0 Å². The zero-order valence-electron chi connectivity index (χ0n) is 16.3. The molecule has 0 aromatic heterocycles. The molecule has 0 radical (unpaired) electrons. The number of rotatable bonds is 3. The Balaban J connectivity index is 0.000000541. The summed E-state index contributed by atoms with van der Waals surface area (Å²) in [4.78, 5) is 18.4. The van der Waals surface area contributed by atoms with E-state index in [0.29, 0.717) is 6.54 Å². The van der Waals surface area contributed by atoms with Crippen LogP contribution in [-0.4, -0.2) is 29.0 Å². The van der Waals surface area contributed by atoms with Crippen molar-refractivity contribution in [2.45, 2.75) is 33.4 Å². The Labute approximate surface area is 170 Å². The first-order chi connectivity index (χ1) is 12.9. The molecule has 0 saturated heterocycles. The van der Waals surface area contributed by atoms with Crippen molar-refractivity contribution in [3.05, 3.63) is 70.2 Å². The van der Waals surface area contributed by atoms with Gasteiger partial charge in [-0.1, -0.05) is 79.2 Å². The molecular weight excluding hydrogens is 406 g/mol. The van der Waals surface area contributed by atoms with Crippen molar-refractivity contribution in [2.75, 3.05) is 7.11 Å². The number of nitrogens with two attached hydrogens (primary N) is 1. The number of hydrogen-bond acceptors (Lipinski definition) is 4. The highest BCUT2D eigenvalue weighted by Crippen LogP contribution is 2.26. The summed E-state index contributed by atoms with van der Waals surface area (Å²) in [5.41, 5.74) is 7.79. The summed E-state index contributed by atoms with van der Waals surface area (Å²) in [6, 6.07) is 16.8. The fraction of sp³-hybridized carbons (Fsp3) is 0.333. The normalized spacial score (nSPS) is 15.5. The number of hydrogen-bond donors (Lipinski definition) is 2. The van der Waals surface area contributed by atoms with Gasteiger partial charge >= 0.3 is 0 Å². The molecular formula is C21H28BrN3O2. The predicted octanol–water partition coefficient (Wildman–Crippen LogP) is 4.12. The minimum absolute atomic E-state index is 0.0846. The van der Waals surface area contributed by atoms with Gasteiger partial charge in [0, 0.05) is 11.6 Å². The van der Waals surface area contributed by atoms with Crippen molar-refractivity contribution in [3.8, 4) is 0 Å². The van der Waals surface area contributed by atoms with Crippen LogP contribution in [-0.2, 0) is 11.3 Å². The first kappa shape index (κ1) is 22.9. The number of amides is 1. The summed E-state index contributed by atoms with van der Waals surface area (Å²) in [5, 5.41) is 7.00. The molecule has 3 rings (SSSR count). The van der Waals surface area contributed by atoms with Crippen LogP contribution in [0.3, 0.4) is 0 Å². The number of aliphatic imine (C=N–C) groups is 1. The Bertz CT molecular complexity index is 745. The van der Waals surface area contributed by atoms with Gasteiger partial charge in [0.25, 0.3) is 5.91 Å². The molecule has 2 aromatic rings. The van der Waals surface area contributed by atoms with Crippen molar-refractivity contribution < 1.29 is 9.90 Å². The molecule has 0 spiro atoms. The molecule has 0 aliphatic carbocycles. The van der Waals surface area contributed by atoms with Crippen LogP contribution < -0.4 is 5.73 Å². The van der Waals surface area contributed by atoms with Crippen LogP contribution in [0.4, 0.5) is 0 Å². The first-order valence-corrected chi connectivity index (χ1v) is 9.56. The van der Waals surface area contributed by atoms with Crippen LogP contribution in [0.1, 0.15) is 37.9 Å². The molecule has 0 bridgehead atoms. The maximum absolute atomic E-state index is 12.5. The minimum atomic E-state index is -0.529. The number of aliphatic hydroxyl groups is 1. The molecule has 1 aliphatic rings. The van der Waals surface area contributed by atoms with Gasteiger partial charge in [-0.05, 0) is 29.2 Å². The zero-order valence-corrected chi connectivity index (χ0v) is 17.8. The van der Waals surface area contributed by atoms with E-state index >= 15 is 0 Å². The molecule has 1 aliphatic heterocycles. The Morgan fingerprint density at radius 3 is 2.26 bits per heavy atom. The third-order valence-corrected chi connectivity index (χ3v) is 3.88. The SMILES string of the molecule is CC(C)C.CO.NC1=NC(c2ccccc2)C(=O)N1Cc1cccc(Br)c1. The number of nitrogens with zero attached hydrogens (tertiary/aromatic N) is 2. The Kier molecular flexibility index (Phi) is 9.75. The third-order valence-electron chi connectivity index (χ3n) is 3.38. The average molecular weight is 434 g/mol. The van der Waals surface area contributed by atoms with Crippen molar-refractivity contribution in [3.63, 3.8) is 0 Å². The largest absolute Gasteiger partial charge is 0.400 e. The fourth-order valence-electron chi connectivity index (χ4n) is 2.35. The summed E-state index contributed by atoms with van der Waals surface area (Å²) >= 11 is 3.43. The number of carbonyl (C=O) groups excluding carboxylic acids is 1.